The molecule has 0 aliphatic carbocycles. The molecule has 1 amide bonds. The van der Waals surface area contributed by atoms with Gasteiger partial charge in [0, 0.05) is 6.54 Å². The molecule has 1 aromatic heterocycles. The van der Waals surface area contributed by atoms with Crippen LogP contribution in [0, 0.1) is 5.82 Å². The van der Waals surface area contributed by atoms with Gasteiger partial charge < -0.3 is 20.7 Å². The highest BCUT2D eigenvalue weighted by Crippen LogP contribution is 2.29. The van der Waals surface area contributed by atoms with E-state index in [1.807, 2.05) is 0 Å². The Labute approximate surface area is 95.3 Å². The van der Waals surface area contributed by atoms with E-state index in [1.165, 1.54) is 6.07 Å². The van der Waals surface area contributed by atoms with Crippen molar-refractivity contribution in [1.29, 1.82) is 0 Å². The van der Waals surface area contributed by atoms with E-state index < -0.39 is 11.7 Å². The van der Waals surface area contributed by atoms with Gasteiger partial charge >= 0.3 is 0 Å². The van der Waals surface area contributed by atoms with Crippen LogP contribution in [0.1, 0.15) is 10.4 Å². The van der Waals surface area contributed by atoms with E-state index in [4.69, 9.17) is 20.7 Å². The summed E-state index contributed by atoms with van der Waals surface area (Å²) < 4.78 is 23.6. The van der Waals surface area contributed by atoms with Crippen LogP contribution in [-0.4, -0.2) is 24.2 Å². The van der Waals surface area contributed by atoms with Crippen LogP contribution in [0.4, 0.5) is 4.39 Å². The lowest BCUT2D eigenvalue weighted by atomic mass is 10.1. The highest BCUT2D eigenvalue weighted by molar-refractivity contribution is 6.07. The molecule has 0 unspecified atom stereocenters. The van der Waals surface area contributed by atoms with Gasteiger partial charge in [0.2, 0.25) is 0 Å². The van der Waals surface area contributed by atoms with Crippen molar-refractivity contribution in [3.63, 3.8) is 0 Å². The molecule has 0 atom stereocenters. The third-order valence-corrected chi connectivity index (χ3v) is 2.16. The number of ether oxygens (including phenoxy) is 1. The summed E-state index contributed by atoms with van der Waals surface area (Å²) in [5.74, 6) is -1.64. The van der Waals surface area contributed by atoms with Crippen molar-refractivity contribution >= 4 is 16.9 Å². The lowest BCUT2D eigenvalue weighted by Crippen LogP contribution is -2.15. The number of hydrogen-bond donors (Lipinski definition) is 2. The van der Waals surface area contributed by atoms with E-state index in [9.17, 15) is 9.18 Å². The first kappa shape index (κ1) is 11.3. The van der Waals surface area contributed by atoms with Gasteiger partial charge in [0.1, 0.15) is 17.8 Å². The highest BCUT2D eigenvalue weighted by atomic mass is 19.1. The Morgan fingerprint density at radius 1 is 1.53 bits per heavy atom. The van der Waals surface area contributed by atoms with Gasteiger partial charge in [-0.25, -0.2) is 4.39 Å². The largest absolute Gasteiger partial charge is 0.474 e. The molecule has 2 rings (SSSR count). The molecule has 0 aliphatic heterocycles. The molecule has 0 radical (unpaired) electrons. The Morgan fingerprint density at radius 2 is 2.29 bits per heavy atom. The Morgan fingerprint density at radius 3 is 2.94 bits per heavy atom. The SMILES string of the molecule is NCCOc1noc2ccc(F)c(C(N)=O)c12. The lowest BCUT2D eigenvalue weighted by molar-refractivity contribution is 0.0998. The second-order valence-corrected chi connectivity index (χ2v) is 3.28. The van der Waals surface area contributed by atoms with E-state index in [0.717, 1.165) is 6.07 Å². The Bertz CT molecular complexity index is 567. The minimum absolute atomic E-state index is 0.0127. The number of halogens is 1. The summed E-state index contributed by atoms with van der Waals surface area (Å²) in [6.07, 6.45) is 0. The van der Waals surface area contributed by atoms with Gasteiger partial charge in [-0.05, 0) is 17.3 Å². The fourth-order valence-electron chi connectivity index (χ4n) is 1.48. The zero-order chi connectivity index (χ0) is 12.4. The van der Waals surface area contributed by atoms with E-state index in [0.29, 0.717) is 0 Å². The minimum atomic E-state index is -0.908. The first-order valence-electron chi connectivity index (χ1n) is 4.85. The van der Waals surface area contributed by atoms with E-state index in [1.54, 1.807) is 0 Å². The Balaban J connectivity index is 2.63. The normalized spacial score (nSPS) is 10.7. The molecule has 7 heteroatoms. The summed E-state index contributed by atoms with van der Waals surface area (Å²) in [7, 11) is 0. The van der Waals surface area contributed by atoms with Crippen molar-refractivity contribution in [3.8, 4) is 5.88 Å². The summed E-state index contributed by atoms with van der Waals surface area (Å²) in [4.78, 5) is 11.2. The second kappa shape index (κ2) is 4.38. The quantitative estimate of drug-likeness (QED) is 0.803. The molecule has 0 fully saturated rings. The van der Waals surface area contributed by atoms with Gasteiger partial charge in [-0.15, -0.1) is 0 Å². The van der Waals surface area contributed by atoms with Gasteiger partial charge in [0.05, 0.1) is 5.56 Å². The molecule has 0 saturated carbocycles. The van der Waals surface area contributed by atoms with Crippen molar-refractivity contribution in [2.24, 2.45) is 11.5 Å². The standard InChI is InChI=1S/C10H10FN3O3/c11-5-1-2-6-8(7(5)9(13)15)10(14-17-6)16-4-3-12/h1-2H,3-4,12H2,(H2,13,15). The number of benzene rings is 1. The topological polar surface area (TPSA) is 104 Å². The highest BCUT2D eigenvalue weighted by Gasteiger charge is 2.21. The van der Waals surface area contributed by atoms with Crippen LogP contribution in [0.25, 0.3) is 11.0 Å². The molecule has 1 aromatic carbocycles. The molecule has 0 aliphatic rings. The molecule has 2 aromatic rings. The maximum absolute atomic E-state index is 13.5. The molecule has 4 N–H and O–H groups in total. The summed E-state index contributed by atoms with van der Waals surface area (Å²) in [6, 6.07) is 2.43. The summed E-state index contributed by atoms with van der Waals surface area (Å²) >= 11 is 0. The number of aromatic nitrogens is 1. The number of nitrogens with zero attached hydrogens (tertiary/aromatic N) is 1. The van der Waals surface area contributed by atoms with Crippen LogP contribution < -0.4 is 16.2 Å². The number of rotatable bonds is 4. The van der Waals surface area contributed by atoms with Crippen LogP contribution in [0.15, 0.2) is 16.7 Å². The van der Waals surface area contributed by atoms with E-state index in [-0.39, 0.29) is 35.6 Å². The van der Waals surface area contributed by atoms with Crippen molar-refractivity contribution < 1.29 is 18.4 Å². The second-order valence-electron chi connectivity index (χ2n) is 3.28. The van der Waals surface area contributed by atoms with Gasteiger partial charge in [-0.1, -0.05) is 0 Å². The fraction of sp³-hybridized carbons (Fsp3) is 0.200. The number of nitrogens with two attached hydrogens (primary N) is 2. The lowest BCUT2D eigenvalue weighted by Gasteiger charge is -2.02. The monoisotopic (exact) mass is 239 g/mol. The third kappa shape index (κ3) is 1.92. The van der Waals surface area contributed by atoms with Gasteiger partial charge in [-0.2, -0.15) is 0 Å². The average molecular weight is 239 g/mol. The zero-order valence-electron chi connectivity index (χ0n) is 8.77. The Hall–Kier alpha value is -2.15. The number of hydrogen-bond acceptors (Lipinski definition) is 5. The number of carbonyl (C=O) groups is 1. The van der Waals surface area contributed by atoms with Crippen LogP contribution >= 0.6 is 0 Å². The summed E-state index contributed by atoms with van der Waals surface area (Å²) in [6.45, 7) is 0.436. The fourth-order valence-corrected chi connectivity index (χ4v) is 1.48. The predicted octanol–water partition coefficient (Wildman–Crippen LogP) is 0.403. The summed E-state index contributed by atoms with van der Waals surface area (Å²) in [5, 5.41) is 3.72. The van der Waals surface area contributed by atoms with Crippen molar-refractivity contribution in [3.05, 3.63) is 23.5 Å². The summed E-state index contributed by atoms with van der Waals surface area (Å²) in [5.41, 5.74) is 10.3. The molecular formula is C10H10FN3O3. The molecular weight excluding hydrogens is 229 g/mol. The number of primary amides is 1. The first-order chi connectivity index (χ1) is 8.15. The molecule has 0 saturated heterocycles. The molecule has 1 heterocycles. The third-order valence-electron chi connectivity index (χ3n) is 2.16. The number of fused-ring (bicyclic) bond motifs is 1. The van der Waals surface area contributed by atoms with Gasteiger partial charge in [0.15, 0.2) is 5.58 Å². The average Bonchev–Trinajstić information content (AvgIpc) is 2.68. The Kier molecular flexibility index (Phi) is 2.92. The van der Waals surface area contributed by atoms with Crippen molar-refractivity contribution in [2.45, 2.75) is 0 Å². The molecule has 6 nitrogen and oxygen atoms in total. The number of amides is 1. The van der Waals surface area contributed by atoms with Crippen LogP contribution in [0.2, 0.25) is 0 Å². The van der Waals surface area contributed by atoms with Gasteiger partial charge in [0.25, 0.3) is 11.8 Å². The molecule has 90 valence electrons. The van der Waals surface area contributed by atoms with Gasteiger partial charge in [-0.3, -0.25) is 4.79 Å². The number of carbonyl (C=O) groups excluding carboxylic acids is 1. The van der Waals surface area contributed by atoms with Crippen LogP contribution in [0.5, 0.6) is 5.88 Å². The minimum Gasteiger partial charge on any atom is -0.474 e. The van der Waals surface area contributed by atoms with Crippen molar-refractivity contribution in [1.82, 2.24) is 5.16 Å². The smallest absolute Gasteiger partial charge is 0.263 e. The maximum atomic E-state index is 13.5. The van der Waals surface area contributed by atoms with E-state index >= 15 is 0 Å². The molecule has 0 bridgehead atoms. The van der Waals surface area contributed by atoms with E-state index in [2.05, 4.69) is 5.16 Å². The first-order valence-corrected chi connectivity index (χ1v) is 4.85. The van der Waals surface area contributed by atoms with Crippen LogP contribution in [-0.2, 0) is 0 Å². The molecule has 0 spiro atoms. The predicted molar refractivity (Wildman–Crippen MR) is 57.0 cm³/mol. The van der Waals surface area contributed by atoms with Crippen LogP contribution in [0.3, 0.4) is 0 Å². The maximum Gasteiger partial charge on any atom is 0.263 e. The zero-order valence-corrected chi connectivity index (χ0v) is 8.77. The van der Waals surface area contributed by atoms with Crippen molar-refractivity contribution in [2.75, 3.05) is 13.2 Å². The molecule has 17 heavy (non-hydrogen) atoms.